The molecule has 2 aliphatic rings. The van der Waals surface area contributed by atoms with Gasteiger partial charge in [0.05, 0.1) is 7.11 Å². The van der Waals surface area contributed by atoms with Crippen LogP contribution in [0.25, 0.3) is 0 Å². The third-order valence-corrected chi connectivity index (χ3v) is 5.25. The molecule has 126 valence electrons. The van der Waals surface area contributed by atoms with Gasteiger partial charge in [-0.15, -0.1) is 0 Å². The van der Waals surface area contributed by atoms with Crippen molar-refractivity contribution in [3.05, 3.63) is 28.2 Å². The zero-order valence-corrected chi connectivity index (χ0v) is 13.9. The SMILES string of the molecule is CCN1CC2(CCN(Cc3cc(=O)c(OC)c[nH]3)CC2)CC1=O. The van der Waals surface area contributed by atoms with Crippen LogP contribution in [0.1, 0.15) is 31.9 Å². The van der Waals surface area contributed by atoms with Crippen molar-refractivity contribution in [2.75, 3.05) is 33.3 Å². The maximum Gasteiger partial charge on any atom is 0.223 e. The Kier molecular flexibility index (Phi) is 4.43. The number of amides is 1. The Labute approximate surface area is 136 Å². The number of ether oxygens (including phenoxy) is 1. The van der Waals surface area contributed by atoms with Crippen molar-refractivity contribution in [2.24, 2.45) is 5.41 Å². The molecule has 0 atom stereocenters. The topological polar surface area (TPSA) is 65.6 Å². The Balaban J connectivity index is 1.58. The molecule has 0 unspecified atom stereocenters. The van der Waals surface area contributed by atoms with E-state index in [0.29, 0.717) is 18.1 Å². The smallest absolute Gasteiger partial charge is 0.223 e. The van der Waals surface area contributed by atoms with Gasteiger partial charge in [-0.05, 0) is 38.3 Å². The van der Waals surface area contributed by atoms with Crippen LogP contribution < -0.4 is 10.2 Å². The van der Waals surface area contributed by atoms with Gasteiger partial charge in [0.2, 0.25) is 11.3 Å². The van der Waals surface area contributed by atoms with Crippen LogP contribution in [0.15, 0.2) is 17.1 Å². The predicted octanol–water partition coefficient (Wildman–Crippen LogP) is 1.22. The fourth-order valence-electron chi connectivity index (χ4n) is 3.78. The minimum absolute atomic E-state index is 0.0882. The maximum absolute atomic E-state index is 12.0. The number of hydrogen-bond acceptors (Lipinski definition) is 4. The van der Waals surface area contributed by atoms with Crippen LogP contribution in [0.3, 0.4) is 0 Å². The zero-order valence-electron chi connectivity index (χ0n) is 13.9. The number of H-pyrrole nitrogens is 1. The van der Waals surface area contributed by atoms with Crippen LogP contribution in [0.5, 0.6) is 5.75 Å². The van der Waals surface area contributed by atoms with Crippen LogP contribution in [-0.4, -0.2) is 54.0 Å². The van der Waals surface area contributed by atoms with Gasteiger partial charge in [-0.3, -0.25) is 14.5 Å². The molecule has 0 radical (unpaired) electrons. The quantitative estimate of drug-likeness (QED) is 0.906. The first-order chi connectivity index (χ1) is 11.0. The second kappa shape index (κ2) is 6.35. The molecule has 0 saturated carbocycles. The third-order valence-electron chi connectivity index (χ3n) is 5.25. The van der Waals surface area contributed by atoms with Crippen molar-refractivity contribution in [1.29, 1.82) is 0 Å². The van der Waals surface area contributed by atoms with E-state index in [2.05, 4.69) is 9.88 Å². The van der Waals surface area contributed by atoms with Crippen molar-refractivity contribution in [3.63, 3.8) is 0 Å². The minimum atomic E-state index is -0.0882. The van der Waals surface area contributed by atoms with Crippen molar-refractivity contribution in [3.8, 4) is 5.75 Å². The number of piperidine rings is 1. The molecule has 3 rings (SSSR count). The van der Waals surface area contributed by atoms with Crippen LogP contribution >= 0.6 is 0 Å². The van der Waals surface area contributed by atoms with Gasteiger partial charge in [-0.2, -0.15) is 0 Å². The molecule has 0 aromatic carbocycles. The molecule has 2 aliphatic heterocycles. The van der Waals surface area contributed by atoms with Crippen LogP contribution in [0.2, 0.25) is 0 Å². The molecule has 1 amide bonds. The number of carbonyl (C=O) groups excluding carboxylic acids is 1. The van der Waals surface area contributed by atoms with Gasteiger partial charge in [-0.1, -0.05) is 0 Å². The fourth-order valence-corrected chi connectivity index (χ4v) is 3.78. The highest BCUT2D eigenvalue weighted by molar-refractivity contribution is 5.79. The maximum atomic E-state index is 12.0. The van der Waals surface area contributed by atoms with Gasteiger partial charge >= 0.3 is 0 Å². The third kappa shape index (κ3) is 3.27. The summed E-state index contributed by atoms with van der Waals surface area (Å²) in [6, 6.07) is 1.61. The molecule has 1 spiro atoms. The van der Waals surface area contributed by atoms with Gasteiger partial charge < -0.3 is 14.6 Å². The largest absolute Gasteiger partial charge is 0.491 e. The summed E-state index contributed by atoms with van der Waals surface area (Å²) in [5.41, 5.74) is 0.996. The molecule has 2 fully saturated rings. The summed E-state index contributed by atoms with van der Waals surface area (Å²) in [6.45, 7) is 6.46. The molecule has 0 bridgehead atoms. The molecule has 0 aliphatic carbocycles. The van der Waals surface area contributed by atoms with E-state index in [1.165, 1.54) is 7.11 Å². The summed E-state index contributed by atoms with van der Waals surface area (Å²) < 4.78 is 4.99. The van der Waals surface area contributed by atoms with Gasteiger partial charge in [0, 0.05) is 44.0 Å². The lowest BCUT2D eigenvalue weighted by atomic mass is 9.77. The van der Waals surface area contributed by atoms with Gasteiger partial charge in [0.1, 0.15) is 0 Å². The zero-order chi connectivity index (χ0) is 16.4. The molecule has 6 nitrogen and oxygen atoms in total. The summed E-state index contributed by atoms with van der Waals surface area (Å²) in [6.07, 6.45) is 4.43. The Morgan fingerprint density at radius 1 is 1.30 bits per heavy atom. The Hall–Kier alpha value is -1.82. The number of aromatic amines is 1. The van der Waals surface area contributed by atoms with E-state index >= 15 is 0 Å². The summed E-state index contributed by atoms with van der Waals surface area (Å²) in [7, 11) is 1.50. The fraction of sp³-hybridized carbons (Fsp3) is 0.647. The van der Waals surface area contributed by atoms with E-state index in [1.807, 2.05) is 11.8 Å². The Bertz CT molecular complexity index is 632. The minimum Gasteiger partial charge on any atom is -0.491 e. The van der Waals surface area contributed by atoms with Crippen LogP contribution in [-0.2, 0) is 11.3 Å². The first-order valence-corrected chi connectivity index (χ1v) is 8.31. The number of nitrogens with zero attached hydrogens (tertiary/aromatic N) is 2. The van der Waals surface area contributed by atoms with Gasteiger partial charge in [-0.25, -0.2) is 0 Å². The number of carbonyl (C=O) groups is 1. The number of methoxy groups -OCH3 is 1. The highest BCUT2D eigenvalue weighted by Gasteiger charge is 2.44. The summed E-state index contributed by atoms with van der Waals surface area (Å²) in [5.74, 6) is 0.649. The number of pyridine rings is 1. The lowest BCUT2D eigenvalue weighted by molar-refractivity contribution is -0.127. The van der Waals surface area contributed by atoms with E-state index in [9.17, 15) is 9.59 Å². The molecule has 2 saturated heterocycles. The molecule has 1 aromatic heterocycles. The van der Waals surface area contributed by atoms with Crippen molar-refractivity contribution < 1.29 is 9.53 Å². The second-order valence-corrected chi connectivity index (χ2v) is 6.75. The van der Waals surface area contributed by atoms with Crippen LogP contribution in [0, 0.1) is 5.41 Å². The summed E-state index contributed by atoms with van der Waals surface area (Å²) >= 11 is 0. The lowest BCUT2D eigenvalue weighted by Crippen LogP contribution is -2.41. The molecule has 6 heteroatoms. The summed E-state index contributed by atoms with van der Waals surface area (Å²) in [5, 5.41) is 0. The highest BCUT2D eigenvalue weighted by Crippen LogP contribution is 2.41. The standard InChI is InChI=1S/C17H25N3O3/c1-3-20-12-17(9-16(20)22)4-6-19(7-5-17)11-13-8-14(21)15(23-2)10-18-13/h8,10H,3-7,9,11-12H2,1-2H3,(H,18,21). The normalized spacial score (nSPS) is 21.1. The summed E-state index contributed by atoms with van der Waals surface area (Å²) in [4.78, 5) is 31.3. The molecular weight excluding hydrogens is 294 g/mol. The molecule has 1 N–H and O–H groups in total. The van der Waals surface area contributed by atoms with Crippen LogP contribution in [0.4, 0.5) is 0 Å². The van der Waals surface area contributed by atoms with E-state index in [4.69, 9.17) is 4.74 Å². The highest BCUT2D eigenvalue weighted by atomic mass is 16.5. The van der Waals surface area contributed by atoms with Crippen molar-refractivity contribution in [1.82, 2.24) is 14.8 Å². The number of hydrogen-bond donors (Lipinski definition) is 1. The molecule has 23 heavy (non-hydrogen) atoms. The van der Waals surface area contributed by atoms with Gasteiger partial charge in [0.25, 0.3) is 0 Å². The lowest BCUT2D eigenvalue weighted by Gasteiger charge is -2.38. The van der Waals surface area contributed by atoms with E-state index in [-0.39, 0.29) is 10.8 Å². The predicted molar refractivity (Wildman–Crippen MR) is 87.4 cm³/mol. The Morgan fingerprint density at radius 2 is 2.04 bits per heavy atom. The molecule has 1 aromatic rings. The first-order valence-electron chi connectivity index (χ1n) is 8.31. The number of aromatic nitrogens is 1. The monoisotopic (exact) mass is 319 g/mol. The van der Waals surface area contributed by atoms with E-state index in [1.54, 1.807) is 12.3 Å². The first kappa shape index (κ1) is 16.1. The number of likely N-dealkylation sites (tertiary alicyclic amines) is 2. The van der Waals surface area contributed by atoms with Gasteiger partial charge in [0.15, 0.2) is 5.75 Å². The van der Waals surface area contributed by atoms with Crippen molar-refractivity contribution >= 4 is 5.91 Å². The average Bonchev–Trinajstić information content (AvgIpc) is 2.86. The molecule has 3 heterocycles. The second-order valence-electron chi connectivity index (χ2n) is 6.75. The average molecular weight is 319 g/mol. The Morgan fingerprint density at radius 3 is 2.61 bits per heavy atom. The van der Waals surface area contributed by atoms with Crippen molar-refractivity contribution in [2.45, 2.75) is 32.7 Å². The van der Waals surface area contributed by atoms with E-state index in [0.717, 1.165) is 51.3 Å². The van der Waals surface area contributed by atoms with E-state index < -0.39 is 0 Å². The molecular formula is C17H25N3O3. The number of nitrogens with one attached hydrogen (secondary N) is 1. The number of rotatable bonds is 4.